The molecule has 2 N–H and O–H groups in total. The van der Waals surface area contributed by atoms with Gasteiger partial charge in [-0.1, -0.05) is 30.3 Å². The Hall–Kier alpha value is -2.41. The lowest BCUT2D eigenvalue weighted by Gasteiger charge is -2.15. The monoisotopic (exact) mass is 306 g/mol. The van der Waals surface area contributed by atoms with E-state index in [-0.39, 0.29) is 13.0 Å². The molecule has 0 radical (unpaired) electrons. The van der Waals surface area contributed by atoms with Gasteiger partial charge in [0.15, 0.2) is 0 Å². The molecule has 21 heavy (non-hydrogen) atoms. The minimum Gasteiger partial charge on any atom is -0.481 e. The number of alkyl carbamates (subject to hydrolysis) is 1. The average Bonchev–Trinajstić information content (AvgIpc) is 2.99. The van der Waals surface area contributed by atoms with Gasteiger partial charge in [0, 0.05) is 11.1 Å². The summed E-state index contributed by atoms with van der Waals surface area (Å²) in [6.07, 6.45) is 0.664. The van der Waals surface area contributed by atoms with Crippen molar-refractivity contribution in [2.75, 3.05) is 0 Å². The maximum atomic E-state index is 11.8. The first-order valence-electron chi connectivity index (χ1n) is 6.22. The molecule has 0 aliphatic heterocycles. The topological polar surface area (TPSA) is 88.5 Å². The molecule has 0 saturated heterocycles. The Morgan fingerprint density at radius 2 is 2.10 bits per heavy atom. The number of hydrogen-bond donors (Lipinski definition) is 2. The SMILES string of the molecule is O=C(O)C[C@@H](NC(=O)OCc1ccccc1)c1cncs1. The number of carboxylic acids is 1. The zero-order chi connectivity index (χ0) is 15.1. The van der Waals surface area contributed by atoms with E-state index in [4.69, 9.17) is 9.84 Å². The fraction of sp³-hybridized carbons (Fsp3) is 0.214. The summed E-state index contributed by atoms with van der Waals surface area (Å²) in [7, 11) is 0. The molecule has 2 rings (SSSR count). The van der Waals surface area contributed by atoms with Gasteiger partial charge in [0.1, 0.15) is 6.61 Å². The second-order valence-electron chi connectivity index (χ2n) is 4.26. The molecule has 1 heterocycles. The van der Waals surface area contributed by atoms with Crippen molar-refractivity contribution in [2.45, 2.75) is 19.1 Å². The van der Waals surface area contributed by atoms with Crippen LogP contribution in [-0.2, 0) is 16.1 Å². The van der Waals surface area contributed by atoms with Crippen LogP contribution in [0.25, 0.3) is 0 Å². The van der Waals surface area contributed by atoms with Gasteiger partial charge < -0.3 is 15.2 Å². The maximum Gasteiger partial charge on any atom is 0.407 e. The van der Waals surface area contributed by atoms with Crippen LogP contribution in [0.1, 0.15) is 22.9 Å². The predicted octanol–water partition coefficient (Wildman–Crippen LogP) is 2.59. The highest BCUT2D eigenvalue weighted by atomic mass is 32.1. The van der Waals surface area contributed by atoms with Crippen molar-refractivity contribution in [1.82, 2.24) is 10.3 Å². The van der Waals surface area contributed by atoms with Gasteiger partial charge in [0.2, 0.25) is 0 Å². The summed E-state index contributed by atoms with van der Waals surface area (Å²) in [5.74, 6) is -1.00. The number of benzene rings is 1. The first-order valence-corrected chi connectivity index (χ1v) is 7.10. The number of aliphatic carboxylic acids is 1. The number of amides is 1. The van der Waals surface area contributed by atoms with Crippen molar-refractivity contribution in [1.29, 1.82) is 0 Å². The van der Waals surface area contributed by atoms with Crippen LogP contribution in [0.15, 0.2) is 42.0 Å². The lowest BCUT2D eigenvalue weighted by molar-refractivity contribution is -0.137. The van der Waals surface area contributed by atoms with Gasteiger partial charge >= 0.3 is 12.1 Å². The number of nitrogens with zero attached hydrogens (tertiary/aromatic N) is 1. The van der Waals surface area contributed by atoms with Gasteiger partial charge in [-0.2, -0.15) is 0 Å². The van der Waals surface area contributed by atoms with E-state index in [1.54, 1.807) is 5.51 Å². The highest BCUT2D eigenvalue weighted by molar-refractivity contribution is 7.09. The molecule has 1 aromatic carbocycles. The fourth-order valence-corrected chi connectivity index (χ4v) is 2.37. The molecule has 0 bridgehead atoms. The molecule has 2 aromatic rings. The van der Waals surface area contributed by atoms with Gasteiger partial charge in [-0.05, 0) is 5.56 Å². The van der Waals surface area contributed by atoms with Crippen molar-refractivity contribution >= 4 is 23.4 Å². The number of carbonyl (C=O) groups is 2. The number of ether oxygens (including phenoxy) is 1. The Morgan fingerprint density at radius 3 is 2.71 bits per heavy atom. The third kappa shape index (κ3) is 4.88. The number of carbonyl (C=O) groups excluding carboxylic acids is 1. The number of nitrogens with one attached hydrogen (secondary N) is 1. The van der Waals surface area contributed by atoms with Gasteiger partial charge in [-0.3, -0.25) is 9.78 Å². The van der Waals surface area contributed by atoms with E-state index in [2.05, 4.69) is 10.3 Å². The van der Waals surface area contributed by atoms with Crippen molar-refractivity contribution in [3.05, 3.63) is 52.5 Å². The molecule has 1 aromatic heterocycles. The molecule has 0 fully saturated rings. The summed E-state index contributed by atoms with van der Waals surface area (Å²) < 4.78 is 5.08. The smallest absolute Gasteiger partial charge is 0.407 e. The van der Waals surface area contributed by atoms with Crippen LogP contribution < -0.4 is 5.32 Å². The van der Waals surface area contributed by atoms with Crippen LogP contribution in [0.4, 0.5) is 4.79 Å². The molecule has 6 nitrogen and oxygen atoms in total. The van der Waals surface area contributed by atoms with Gasteiger partial charge in [0.25, 0.3) is 0 Å². The highest BCUT2D eigenvalue weighted by Crippen LogP contribution is 2.20. The van der Waals surface area contributed by atoms with Crippen LogP contribution in [0.5, 0.6) is 0 Å². The van der Waals surface area contributed by atoms with Crippen molar-refractivity contribution in [3.8, 4) is 0 Å². The molecule has 7 heteroatoms. The molecule has 0 aliphatic rings. The third-order valence-electron chi connectivity index (χ3n) is 2.68. The second-order valence-corrected chi connectivity index (χ2v) is 5.18. The first kappa shape index (κ1) is 15.0. The normalized spacial score (nSPS) is 11.6. The molecule has 1 atom stereocenters. The molecule has 110 valence electrons. The van der Waals surface area contributed by atoms with Crippen molar-refractivity contribution in [3.63, 3.8) is 0 Å². The largest absolute Gasteiger partial charge is 0.481 e. The minimum atomic E-state index is -1.00. The first-order chi connectivity index (χ1) is 10.1. The molecule has 0 unspecified atom stereocenters. The van der Waals surface area contributed by atoms with E-state index in [0.29, 0.717) is 4.88 Å². The molecule has 0 spiro atoms. The molecule has 0 aliphatic carbocycles. The number of carboxylic acid groups (broad SMARTS) is 1. The quantitative estimate of drug-likeness (QED) is 0.856. The van der Waals surface area contributed by atoms with Crippen molar-refractivity contribution < 1.29 is 19.4 Å². The Bertz CT molecular complexity index is 586. The Labute approximate surface area is 125 Å². The molecule has 1 amide bonds. The minimum absolute atomic E-state index is 0.134. The molecule has 0 saturated carbocycles. The number of aromatic nitrogens is 1. The molecular weight excluding hydrogens is 292 g/mol. The predicted molar refractivity (Wildman–Crippen MR) is 76.9 cm³/mol. The van der Waals surface area contributed by atoms with Crippen LogP contribution in [0.3, 0.4) is 0 Å². The summed E-state index contributed by atoms with van der Waals surface area (Å²) in [5.41, 5.74) is 2.45. The summed E-state index contributed by atoms with van der Waals surface area (Å²) in [5, 5.41) is 11.4. The number of hydrogen-bond acceptors (Lipinski definition) is 5. The second kappa shape index (κ2) is 7.39. The van der Waals surface area contributed by atoms with E-state index in [1.165, 1.54) is 17.5 Å². The fourth-order valence-electron chi connectivity index (χ4n) is 1.70. The van der Waals surface area contributed by atoms with E-state index in [1.807, 2.05) is 30.3 Å². The Kier molecular flexibility index (Phi) is 5.28. The van der Waals surface area contributed by atoms with Gasteiger partial charge in [0.05, 0.1) is 18.0 Å². The van der Waals surface area contributed by atoms with Gasteiger partial charge in [-0.15, -0.1) is 11.3 Å². The van der Waals surface area contributed by atoms with E-state index >= 15 is 0 Å². The Balaban J connectivity index is 1.90. The van der Waals surface area contributed by atoms with Crippen LogP contribution in [0, 0.1) is 0 Å². The van der Waals surface area contributed by atoms with E-state index in [0.717, 1.165) is 5.56 Å². The van der Waals surface area contributed by atoms with E-state index < -0.39 is 18.1 Å². The highest BCUT2D eigenvalue weighted by Gasteiger charge is 2.20. The summed E-state index contributed by atoms with van der Waals surface area (Å²) in [4.78, 5) is 27.2. The van der Waals surface area contributed by atoms with Gasteiger partial charge in [-0.25, -0.2) is 4.79 Å². The van der Waals surface area contributed by atoms with Crippen LogP contribution in [-0.4, -0.2) is 22.2 Å². The maximum absolute atomic E-state index is 11.8. The summed E-state index contributed by atoms with van der Waals surface area (Å²) in [6, 6.07) is 8.60. The third-order valence-corrected chi connectivity index (χ3v) is 3.57. The Morgan fingerprint density at radius 1 is 1.33 bits per heavy atom. The standard InChI is InChI=1S/C14H14N2O4S/c17-13(18)6-11(12-7-15-9-21-12)16-14(19)20-8-10-4-2-1-3-5-10/h1-5,7,9,11H,6,8H2,(H,16,19)(H,17,18)/t11-/m1/s1. The summed E-state index contributed by atoms with van der Waals surface area (Å²) >= 11 is 1.28. The van der Waals surface area contributed by atoms with Crippen molar-refractivity contribution in [2.24, 2.45) is 0 Å². The number of thiazole rings is 1. The lowest BCUT2D eigenvalue weighted by atomic mass is 10.2. The number of rotatable bonds is 6. The molecular formula is C14H14N2O4S. The van der Waals surface area contributed by atoms with Crippen LogP contribution >= 0.6 is 11.3 Å². The average molecular weight is 306 g/mol. The summed E-state index contributed by atoms with van der Waals surface area (Å²) in [6.45, 7) is 0.134. The zero-order valence-corrected chi connectivity index (χ0v) is 11.9. The zero-order valence-electron chi connectivity index (χ0n) is 11.1. The van der Waals surface area contributed by atoms with E-state index in [9.17, 15) is 9.59 Å². The van der Waals surface area contributed by atoms with Crippen LogP contribution in [0.2, 0.25) is 0 Å². The lowest BCUT2D eigenvalue weighted by Crippen LogP contribution is -2.30.